The van der Waals surface area contributed by atoms with Crippen molar-refractivity contribution in [2.24, 2.45) is 0 Å². The van der Waals surface area contributed by atoms with Crippen LogP contribution in [0.5, 0.6) is 0 Å². The lowest BCUT2D eigenvalue weighted by molar-refractivity contribution is -0.121. The van der Waals surface area contributed by atoms with Crippen LogP contribution >= 0.6 is 0 Å². The van der Waals surface area contributed by atoms with Crippen LogP contribution < -0.4 is 5.32 Å². The molecule has 1 aliphatic heterocycles. The van der Waals surface area contributed by atoms with Gasteiger partial charge < -0.3 is 5.32 Å². The average molecular weight is 219 g/mol. The van der Waals surface area contributed by atoms with Gasteiger partial charge >= 0.3 is 0 Å². The predicted octanol–water partition coefficient (Wildman–Crippen LogP) is 1.50. The molecule has 0 aromatic carbocycles. The Balaban J connectivity index is 1.97. The number of anilines is 1. The Bertz CT molecular complexity index is 353. The summed E-state index contributed by atoms with van der Waals surface area (Å²) in [5.41, 5.74) is 0.770. The van der Waals surface area contributed by atoms with Crippen LogP contribution in [-0.4, -0.2) is 35.4 Å². The molecule has 0 aliphatic carbocycles. The van der Waals surface area contributed by atoms with E-state index in [9.17, 15) is 4.79 Å². The summed E-state index contributed by atoms with van der Waals surface area (Å²) in [6, 6.07) is 3.68. The van der Waals surface area contributed by atoms with Crippen LogP contribution in [0, 0.1) is 0 Å². The molecular formula is C12H17N3O. The van der Waals surface area contributed by atoms with Crippen LogP contribution in [0.2, 0.25) is 0 Å². The fourth-order valence-electron chi connectivity index (χ4n) is 2.07. The number of piperidine rings is 1. The van der Waals surface area contributed by atoms with E-state index in [0.717, 1.165) is 25.1 Å². The van der Waals surface area contributed by atoms with Crippen LogP contribution in [0.15, 0.2) is 24.5 Å². The molecule has 16 heavy (non-hydrogen) atoms. The first-order valence-electron chi connectivity index (χ1n) is 5.68. The fourth-order valence-corrected chi connectivity index (χ4v) is 2.07. The van der Waals surface area contributed by atoms with Gasteiger partial charge in [-0.1, -0.05) is 6.42 Å². The standard InChI is InChI=1S/C12H17N3O/c1-15-8-3-2-6-11(15)12(16)14-10-5-4-7-13-9-10/h4-5,7,9,11H,2-3,6,8H2,1H3,(H,14,16). The zero-order chi connectivity index (χ0) is 11.4. The lowest BCUT2D eigenvalue weighted by atomic mass is 10.0. The highest BCUT2D eigenvalue weighted by molar-refractivity contribution is 5.94. The first-order chi connectivity index (χ1) is 7.77. The molecule has 0 spiro atoms. The van der Waals surface area contributed by atoms with Crippen molar-refractivity contribution in [1.29, 1.82) is 0 Å². The molecule has 2 heterocycles. The lowest BCUT2D eigenvalue weighted by Gasteiger charge is -2.31. The number of carbonyl (C=O) groups excluding carboxylic acids is 1. The van der Waals surface area contributed by atoms with Crippen LogP contribution in [0.3, 0.4) is 0 Å². The van der Waals surface area contributed by atoms with E-state index in [4.69, 9.17) is 0 Å². The fraction of sp³-hybridized carbons (Fsp3) is 0.500. The molecule has 1 saturated heterocycles. The summed E-state index contributed by atoms with van der Waals surface area (Å²) in [5, 5.41) is 2.90. The van der Waals surface area contributed by atoms with E-state index in [1.807, 2.05) is 19.2 Å². The first-order valence-corrected chi connectivity index (χ1v) is 5.68. The number of aromatic nitrogens is 1. The molecule has 0 radical (unpaired) electrons. The third kappa shape index (κ3) is 2.58. The van der Waals surface area contributed by atoms with E-state index >= 15 is 0 Å². The monoisotopic (exact) mass is 219 g/mol. The highest BCUT2D eigenvalue weighted by atomic mass is 16.2. The molecule has 1 atom stereocenters. The van der Waals surface area contributed by atoms with Gasteiger partial charge in [0.25, 0.3) is 0 Å². The van der Waals surface area contributed by atoms with E-state index in [-0.39, 0.29) is 11.9 Å². The summed E-state index contributed by atoms with van der Waals surface area (Å²) in [7, 11) is 2.01. The summed E-state index contributed by atoms with van der Waals surface area (Å²) >= 11 is 0. The molecule has 86 valence electrons. The molecule has 1 aliphatic rings. The Labute approximate surface area is 95.7 Å². The third-order valence-electron chi connectivity index (χ3n) is 3.00. The molecule has 2 rings (SSSR count). The summed E-state index contributed by atoms with van der Waals surface area (Å²) in [6.45, 7) is 1.01. The average Bonchev–Trinajstić information content (AvgIpc) is 2.31. The Morgan fingerprint density at radius 2 is 2.44 bits per heavy atom. The number of hydrogen-bond acceptors (Lipinski definition) is 3. The molecule has 1 aromatic heterocycles. The minimum Gasteiger partial charge on any atom is -0.323 e. The second kappa shape index (κ2) is 5.07. The Morgan fingerprint density at radius 1 is 1.56 bits per heavy atom. The maximum atomic E-state index is 12.0. The Kier molecular flexibility index (Phi) is 3.51. The van der Waals surface area contributed by atoms with Crippen molar-refractivity contribution in [2.75, 3.05) is 18.9 Å². The van der Waals surface area contributed by atoms with E-state index in [1.165, 1.54) is 6.42 Å². The number of hydrogen-bond donors (Lipinski definition) is 1. The number of likely N-dealkylation sites (tertiary alicyclic amines) is 1. The van der Waals surface area contributed by atoms with Crippen molar-refractivity contribution in [2.45, 2.75) is 25.3 Å². The van der Waals surface area contributed by atoms with E-state index in [2.05, 4.69) is 15.2 Å². The zero-order valence-electron chi connectivity index (χ0n) is 9.52. The van der Waals surface area contributed by atoms with Crippen LogP contribution in [-0.2, 0) is 4.79 Å². The van der Waals surface area contributed by atoms with Gasteiger partial charge in [0.1, 0.15) is 0 Å². The van der Waals surface area contributed by atoms with Gasteiger partial charge in [-0.2, -0.15) is 0 Å². The van der Waals surface area contributed by atoms with Gasteiger partial charge in [0.05, 0.1) is 17.9 Å². The molecule has 0 bridgehead atoms. The first kappa shape index (κ1) is 11.1. The number of likely N-dealkylation sites (N-methyl/N-ethyl adjacent to an activating group) is 1. The molecule has 1 aromatic rings. The zero-order valence-corrected chi connectivity index (χ0v) is 9.52. The second-order valence-electron chi connectivity index (χ2n) is 4.22. The number of carbonyl (C=O) groups is 1. The van der Waals surface area contributed by atoms with Gasteiger partial charge in [-0.15, -0.1) is 0 Å². The van der Waals surface area contributed by atoms with Crippen molar-refractivity contribution < 1.29 is 4.79 Å². The molecule has 1 amide bonds. The molecular weight excluding hydrogens is 202 g/mol. The van der Waals surface area contributed by atoms with Crippen molar-refractivity contribution in [3.8, 4) is 0 Å². The minimum absolute atomic E-state index is 0.00829. The maximum absolute atomic E-state index is 12.0. The maximum Gasteiger partial charge on any atom is 0.241 e. The summed E-state index contributed by atoms with van der Waals surface area (Å²) in [4.78, 5) is 18.1. The van der Waals surface area contributed by atoms with Gasteiger partial charge in [0.15, 0.2) is 0 Å². The molecule has 1 fully saturated rings. The molecule has 1 N–H and O–H groups in total. The summed E-state index contributed by atoms with van der Waals surface area (Å²) < 4.78 is 0. The van der Waals surface area contributed by atoms with Gasteiger partial charge in [-0.25, -0.2) is 0 Å². The lowest BCUT2D eigenvalue weighted by Crippen LogP contribution is -2.44. The smallest absolute Gasteiger partial charge is 0.241 e. The molecule has 4 nitrogen and oxygen atoms in total. The molecule has 4 heteroatoms. The van der Waals surface area contributed by atoms with Crippen molar-refractivity contribution in [1.82, 2.24) is 9.88 Å². The SMILES string of the molecule is CN1CCCCC1C(=O)Nc1cccnc1. The van der Waals surface area contributed by atoms with Gasteiger partial charge in [0, 0.05) is 6.20 Å². The van der Waals surface area contributed by atoms with Gasteiger partial charge in [-0.3, -0.25) is 14.7 Å². The Morgan fingerprint density at radius 3 is 3.12 bits per heavy atom. The predicted molar refractivity (Wildman–Crippen MR) is 63.1 cm³/mol. The van der Waals surface area contributed by atoms with Crippen molar-refractivity contribution in [3.63, 3.8) is 0 Å². The Hall–Kier alpha value is -1.42. The number of amides is 1. The molecule has 1 unspecified atom stereocenters. The van der Waals surface area contributed by atoms with E-state index in [0.29, 0.717) is 0 Å². The third-order valence-corrected chi connectivity index (χ3v) is 3.00. The number of nitrogens with zero attached hydrogens (tertiary/aromatic N) is 2. The van der Waals surface area contributed by atoms with Crippen molar-refractivity contribution >= 4 is 11.6 Å². The van der Waals surface area contributed by atoms with Gasteiger partial charge in [0.2, 0.25) is 5.91 Å². The second-order valence-corrected chi connectivity index (χ2v) is 4.22. The number of rotatable bonds is 2. The van der Waals surface area contributed by atoms with E-state index < -0.39 is 0 Å². The summed E-state index contributed by atoms with van der Waals surface area (Å²) in [6.07, 6.45) is 6.63. The number of nitrogens with one attached hydrogen (secondary N) is 1. The quantitative estimate of drug-likeness (QED) is 0.820. The van der Waals surface area contributed by atoms with Crippen LogP contribution in [0.4, 0.5) is 5.69 Å². The van der Waals surface area contributed by atoms with Crippen LogP contribution in [0.1, 0.15) is 19.3 Å². The largest absolute Gasteiger partial charge is 0.323 e. The van der Waals surface area contributed by atoms with Crippen molar-refractivity contribution in [3.05, 3.63) is 24.5 Å². The highest BCUT2D eigenvalue weighted by Gasteiger charge is 2.25. The number of pyridine rings is 1. The van der Waals surface area contributed by atoms with E-state index in [1.54, 1.807) is 12.4 Å². The summed E-state index contributed by atoms with van der Waals surface area (Å²) in [5.74, 6) is 0.0789. The normalized spacial score (nSPS) is 21.7. The van der Waals surface area contributed by atoms with Crippen LogP contribution in [0.25, 0.3) is 0 Å². The van der Waals surface area contributed by atoms with Gasteiger partial charge in [-0.05, 0) is 38.6 Å². The molecule has 0 saturated carbocycles. The topological polar surface area (TPSA) is 45.2 Å². The minimum atomic E-state index is 0.00829. The highest BCUT2D eigenvalue weighted by Crippen LogP contribution is 2.16.